The van der Waals surface area contributed by atoms with E-state index in [2.05, 4.69) is 0 Å². The molecule has 0 aliphatic carbocycles. The molecule has 7 nitrogen and oxygen atoms in total. The van der Waals surface area contributed by atoms with Crippen molar-refractivity contribution in [1.29, 1.82) is 0 Å². The molecule has 0 unspecified atom stereocenters. The summed E-state index contributed by atoms with van der Waals surface area (Å²) in [7, 11) is 0. The molecule has 7 heteroatoms. The van der Waals surface area contributed by atoms with Crippen molar-refractivity contribution in [1.82, 2.24) is 0 Å². The summed E-state index contributed by atoms with van der Waals surface area (Å²) in [5, 5.41) is 51.1. The lowest BCUT2D eigenvalue weighted by Gasteiger charge is -2.23. The summed E-state index contributed by atoms with van der Waals surface area (Å²) in [5.41, 5.74) is -0.933. The number of rotatable bonds is 5. The van der Waals surface area contributed by atoms with Crippen LogP contribution in [0.4, 0.5) is 0 Å². The fourth-order valence-corrected chi connectivity index (χ4v) is 0.904. The molecule has 0 fully saturated rings. The number of aliphatic hydroxyl groups is 4. The van der Waals surface area contributed by atoms with Gasteiger partial charge in [-0.05, 0) is 24.3 Å². The van der Waals surface area contributed by atoms with Crippen LogP contribution in [0, 0.1) is 5.41 Å². The van der Waals surface area contributed by atoms with Gasteiger partial charge in [-0.2, -0.15) is 0 Å². The van der Waals surface area contributed by atoms with Crippen LogP contribution in [-0.2, 0) is 0 Å². The minimum atomic E-state index is -1.11. The molecule has 1 aromatic rings. The molecule has 19 heavy (non-hydrogen) atoms. The monoisotopic (exact) mass is 274 g/mol. The van der Waals surface area contributed by atoms with Crippen molar-refractivity contribution >= 4 is 5.97 Å². The number of hydrogen-bond acceptors (Lipinski definition) is 6. The van der Waals surface area contributed by atoms with Crippen molar-refractivity contribution in [2.24, 2.45) is 5.41 Å². The van der Waals surface area contributed by atoms with Gasteiger partial charge in [-0.3, -0.25) is 0 Å². The zero-order valence-corrected chi connectivity index (χ0v) is 10.2. The van der Waals surface area contributed by atoms with Gasteiger partial charge in [0, 0.05) is 0 Å². The number of phenols is 1. The Bertz CT molecular complexity index is 353. The molecule has 1 aromatic carbocycles. The predicted molar refractivity (Wildman–Crippen MR) is 65.8 cm³/mol. The maximum atomic E-state index is 10.2. The summed E-state index contributed by atoms with van der Waals surface area (Å²) in [6.07, 6.45) is 0. The molecule has 108 valence electrons. The van der Waals surface area contributed by atoms with E-state index in [4.69, 9.17) is 30.6 Å². The van der Waals surface area contributed by atoms with Gasteiger partial charge in [0.15, 0.2) is 0 Å². The van der Waals surface area contributed by atoms with Crippen LogP contribution < -0.4 is 0 Å². The molecule has 0 bridgehead atoms. The number of carbonyl (C=O) groups is 1. The number of benzene rings is 1. The number of aliphatic hydroxyl groups excluding tert-OH is 4. The summed E-state index contributed by atoms with van der Waals surface area (Å²) in [6, 6.07) is 5.36. The highest BCUT2D eigenvalue weighted by atomic mass is 16.4. The Morgan fingerprint density at radius 3 is 1.47 bits per heavy atom. The first kappa shape index (κ1) is 17.3. The minimum absolute atomic E-state index is 0.0741. The molecular weight excluding hydrogens is 256 g/mol. The van der Waals surface area contributed by atoms with Gasteiger partial charge in [-0.15, -0.1) is 0 Å². The van der Waals surface area contributed by atoms with Gasteiger partial charge in [0.25, 0.3) is 0 Å². The van der Waals surface area contributed by atoms with Gasteiger partial charge in [-0.25, -0.2) is 4.79 Å². The van der Waals surface area contributed by atoms with E-state index < -0.39 is 37.8 Å². The van der Waals surface area contributed by atoms with Crippen molar-refractivity contribution < 1.29 is 35.4 Å². The number of carboxylic acid groups (broad SMARTS) is 1. The molecule has 1 rings (SSSR count). The van der Waals surface area contributed by atoms with E-state index in [1.54, 1.807) is 0 Å². The van der Waals surface area contributed by atoms with E-state index >= 15 is 0 Å². The zero-order valence-electron chi connectivity index (χ0n) is 10.2. The van der Waals surface area contributed by atoms with Crippen molar-refractivity contribution in [3.05, 3.63) is 29.8 Å². The first-order chi connectivity index (χ1) is 8.94. The molecule has 0 radical (unpaired) electrons. The third-order valence-corrected chi connectivity index (χ3v) is 2.46. The normalized spacial score (nSPS) is 10.5. The van der Waals surface area contributed by atoms with Crippen LogP contribution in [-0.4, -0.2) is 63.0 Å². The van der Waals surface area contributed by atoms with Crippen LogP contribution in [0.25, 0.3) is 0 Å². The summed E-state index contributed by atoms with van der Waals surface area (Å²) in [6.45, 7) is -1.62. The second-order valence-corrected chi connectivity index (χ2v) is 3.98. The lowest BCUT2D eigenvalue weighted by Crippen LogP contribution is -2.37. The van der Waals surface area contributed by atoms with E-state index in [0.29, 0.717) is 0 Å². The van der Waals surface area contributed by atoms with Crippen LogP contribution in [0.5, 0.6) is 5.75 Å². The maximum absolute atomic E-state index is 10.2. The molecule has 6 N–H and O–H groups in total. The Hall–Kier alpha value is -1.67. The highest BCUT2D eigenvalue weighted by Crippen LogP contribution is 2.11. The Balaban J connectivity index is 0.000000344. The van der Waals surface area contributed by atoms with Crippen LogP contribution >= 0.6 is 0 Å². The molecule has 0 amide bonds. The predicted octanol–water partition coefficient (Wildman–Crippen LogP) is -0.968. The number of carboxylic acids is 1. The number of aromatic hydroxyl groups is 1. The molecule has 0 heterocycles. The van der Waals surface area contributed by atoms with Gasteiger partial charge < -0.3 is 30.6 Å². The SMILES string of the molecule is O=C(O)c1ccc(O)cc1.OCC(CO)(CO)CO. The highest BCUT2D eigenvalue weighted by Gasteiger charge is 2.26. The van der Waals surface area contributed by atoms with E-state index in [1.807, 2.05) is 0 Å². The van der Waals surface area contributed by atoms with Crippen LogP contribution in [0.1, 0.15) is 10.4 Å². The molecule has 0 aliphatic heterocycles. The first-order valence-corrected chi connectivity index (χ1v) is 5.40. The number of phenolic OH excluding ortho intramolecular Hbond substituents is 1. The number of aromatic carboxylic acids is 1. The molecule has 0 aromatic heterocycles. The second-order valence-electron chi connectivity index (χ2n) is 3.98. The highest BCUT2D eigenvalue weighted by molar-refractivity contribution is 5.87. The summed E-state index contributed by atoms with van der Waals surface area (Å²) in [4.78, 5) is 10.2. The van der Waals surface area contributed by atoms with Gasteiger partial charge >= 0.3 is 5.97 Å². The average Bonchev–Trinajstić information content (AvgIpc) is 2.43. The first-order valence-electron chi connectivity index (χ1n) is 5.40. The van der Waals surface area contributed by atoms with E-state index in [1.165, 1.54) is 24.3 Å². The fraction of sp³-hybridized carbons (Fsp3) is 0.417. The summed E-state index contributed by atoms with van der Waals surface area (Å²) in [5.74, 6) is -0.912. The third-order valence-electron chi connectivity index (χ3n) is 2.46. The van der Waals surface area contributed by atoms with Crippen LogP contribution in [0.2, 0.25) is 0 Å². The van der Waals surface area contributed by atoms with Crippen LogP contribution in [0.15, 0.2) is 24.3 Å². The smallest absolute Gasteiger partial charge is 0.335 e. The van der Waals surface area contributed by atoms with Crippen molar-refractivity contribution in [2.75, 3.05) is 26.4 Å². The van der Waals surface area contributed by atoms with Crippen molar-refractivity contribution in [3.8, 4) is 5.75 Å². The van der Waals surface area contributed by atoms with Gasteiger partial charge in [-0.1, -0.05) is 0 Å². The Labute approximate surface area is 110 Å². The van der Waals surface area contributed by atoms with E-state index in [0.717, 1.165) is 0 Å². The van der Waals surface area contributed by atoms with Crippen LogP contribution in [0.3, 0.4) is 0 Å². The largest absolute Gasteiger partial charge is 0.508 e. The van der Waals surface area contributed by atoms with E-state index in [9.17, 15) is 4.79 Å². The quantitative estimate of drug-likeness (QED) is 0.406. The lowest BCUT2D eigenvalue weighted by atomic mass is 9.93. The maximum Gasteiger partial charge on any atom is 0.335 e. The van der Waals surface area contributed by atoms with Gasteiger partial charge in [0.2, 0.25) is 0 Å². The van der Waals surface area contributed by atoms with Gasteiger partial charge in [0.1, 0.15) is 5.75 Å². The third kappa shape index (κ3) is 5.66. The minimum Gasteiger partial charge on any atom is -0.508 e. The molecule has 0 atom stereocenters. The second kappa shape index (κ2) is 8.44. The van der Waals surface area contributed by atoms with E-state index in [-0.39, 0.29) is 11.3 Å². The van der Waals surface area contributed by atoms with Crippen molar-refractivity contribution in [3.63, 3.8) is 0 Å². The standard InChI is InChI=1S/C7H6O3.C5H12O4/c8-6-3-1-5(2-4-6)7(9)10;6-1-5(2-7,3-8)4-9/h1-4,8H,(H,9,10);6-9H,1-4H2. The topological polar surface area (TPSA) is 138 Å². The molecular formula is C12H18O7. The Morgan fingerprint density at radius 1 is 0.895 bits per heavy atom. The molecule has 0 spiro atoms. The Kier molecular flexibility index (Phi) is 7.69. The molecule has 0 saturated heterocycles. The Morgan fingerprint density at radius 2 is 1.26 bits per heavy atom. The fourth-order valence-electron chi connectivity index (χ4n) is 0.904. The lowest BCUT2D eigenvalue weighted by molar-refractivity contribution is -0.0328. The average molecular weight is 274 g/mol. The molecule has 0 saturated carbocycles. The number of hydrogen-bond donors (Lipinski definition) is 6. The van der Waals surface area contributed by atoms with Crippen molar-refractivity contribution in [2.45, 2.75) is 0 Å². The summed E-state index contributed by atoms with van der Waals surface area (Å²) >= 11 is 0. The molecule has 0 aliphatic rings. The zero-order chi connectivity index (χ0) is 14.9. The summed E-state index contributed by atoms with van der Waals surface area (Å²) < 4.78 is 0. The van der Waals surface area contributed by atoms with Gasteiger partial charge in [0.05, 0.1) is 37.4 Å².